The van der Waals surface area contributed by atoms with Gasteiger partial charge in [0.15, 0.2) is 5.13 Å². The number of para-hydroxylation sites is 1. The van der Waals surface area contributed by atoms with Crippen LogP contribution in [0, 0.1) is 0 Å². The molecule has 0 radical (unpaired) electrons. The van der Waals surface area contributed by atoms with Crippen molar-refractivity contribution in [2.75, 3.05) is 11.9 Å². The zero-order chi connectivity index (χ0) is 15.4. The van der Waals surface area contributed by atoms with Crippen LogP contribution >= 0.6 is 11.3 Å². The Morgan fingerprint density at radius 3 is 3.05 bits per heavy atom. The van der Waals surface area contributed by atoms with Gasteiger partial charge in [-0.05, 0) is 31.4 Å². The fourth-order valence-electron chi connectivity index (χ4n) is 2.41. The SMILES string of the molecule is N[C@H]1CCc2nc(NC(=O)CCOc3ccccc3)sc2C1. The number of carbonyl (C=O) groups excluding carboxylic acids is 1. The lowest BCUT2D eigenvalue weighted by Gasteiger charge is -2.15. The zero-order valence-electron chi connectivity index (χ0n) is 12.2. The van der Waals surface area contributed by atoms with Crippen LogP contribution < -0.4 is 15.8 Å². The number of hydrogen-bond donors (Lipinski definition) is 2. The molecule has 1 aliphatic carbocycles. The quantitative estimate of drug-likeness (QED) is 0.887. The third-order valence-corrected chi connectivity index (χ3v) is 4.60. The molecule has 1 aromatic carbocycles. The predicted molar refractivity (Wildman–Crippen MR) is 87.3 cm³/mol. The highest BCUT2D eigenvalue weighted by atomic mass is 32.1. The highest BCUT2D eigenvalue weighted by Crippen LogP contribution is 2.29. The van der Waals surface area contributed by atoms with E-state index in [0.717, 1.165) is 30.7 Å². The van der Waals surface area contributed by atoms with Crippen LogP contribution in [0.4, 0.5) is 5.13 Å². The van der Waals surface area contributed by atoms with E-state index in [1.165, 1.54) is 16.2 Å². The van der Waals surface area contributed by atoms with E-state index in [4.69, 9.17) is 10.5 Å². The Hall–Kier alpha value is -1.92. The fraction of sp³-hybridized carbons (Fsp3) is 0.375. The molecule has 0 aliphatic heterocycles. The molecule has 2 aromatic rings. The third kappa shape index (κ3) is 3.84. The van der Waals surface area contributed by atoms with Gasteiger partial charge in [-0.15, -0.1) is 11.3 Å². The number of anilines is 1. The Labute approximate surface area is 133 Å². The number of benzene rings is 1. The van der Waals surface area contributed by atoms with Crippen molar-refractivity contribution in [3.05, 3.63) is 40.9 Å². The average Bonchev–Trinajstić information content (AvgIpc) is 2.89. The normalized spacial score (nSPS) is 16.9. The lowest BCUT2D eigenvalue weighted by Crippen LogP contribution is -2.27. The molecule has 0 saturated carbocycles. The van der Waals surface area contributed by atoms with Gasteiger partial charge in [-0.3, -0.25) is 4.79 Å². The van der Waals surface area contributed by atoms with Gasteiger partial charge in [0, 0.05) is 10.9 Å². The van der Waals surface area contributed by atoms with Gasteiger partial charge in [0.05, 0.1) is 18.7 Å². The van der Waals surface area contributed by atoms with Crippen LogP contribution in [0.15, 0.2) is 30.3 Å². The molecule has 1 heterocycles. The number of nitrogens with two attached hydrogens (primary N) is 1. The van der Waals surface area contributed by atoms with Crippen LogP contribution in [0.2, 0.25) is 0 Å². The number of hydrogen-bond acceptors (Lipinski definition) is 5. The summed E-state index contributed by atoms with van der Waals surface area (Å²) in [6, 6.07) is 9.69. The van der Waals surface area contributed by atoms with Crippen molar-refractivity contribution in [2.45, 2.75) is 31.7 Å². The molecular formula is C16H19N3O2S. The second-order valence-corrected chi connectivity index (χ2v) is 6.44. The highest BCUT2D eigenvalue weighted by Gasteiger charge is 2.20. The molecule has 3 rings (SSSR count). The van der Waals surface area contributed by atoms with Crippen molar-refractivity contribution in [2.24, 2.45) is 5.73 Å². The first-order valence-electron chi connectivity index (χ1n) is 7.42. The minimum Gasteiger partial charge on any atom is -0.493 e. The Morgan fingerprint density at radius 1 is 1.41 bits per heavy atom. The Balaban J connectivity index is 1.48. The summed E-state index contributed by atoms with van der Waals surface area (Å²) in [5, 5.41) is 3.52. The standard InChI is InChI=1S/C16H19N3O2S/c17-11-6-7-13-14(10-11)22-16(18-13)19-15(20)8-9-21-12-4-2-1-3-5-12/h1-5,11H,6-10,17H2,(H,18,19,20)/t11-/m0/s1. The summed E-state index contributed by atoms with van der Waals surface area (Å²) in [7, 11) is 0. The number of carbonyl (C=O) groups is 1. The molecule has 0 unspecified atom stereocenters. The lowest BCUT2D eigenvalue weighted by molar-refractivity contribution is -0.116. The van der Waals surface area contributed by atoms with Crippen LogP contribution in [0.25, 0.3) is 0 Å². The molecule has 6 heteroatoms. The van der Waals surface area contributed by atoms with Gasteiger partial charge < -0.3 is 15.8 Å². The number of aromatic nitrogens is 1. The van der Waals surface area contributed by atoms with E-state index in [-0.39, 0.29) is 11.9 Å². The van der Waals surface area contributed by atoms with Gasteiger partial charge in [0.25, 0.3) is 0 Å². The van der Waals surface area contributed by atoms with Crippen molar-refractivity contribution in [3.63, 3.8) is 0 Å². The Bertz CT molecular complexity index is 642. The van der Waals surface area contributed by atoms with E-state index in [2.05, 4.69) is 10.3 Å². The number of nitrogens with one attached hydrogen (secondary N) is 1. The molecule has 0 bridgehead atoms. The summed E-state index contributed by atoms with van der Waals surface area (Å²) in [4.78, 5) is 17.6. The van der Waals surface area contributed by atoms with Crippen molar-refractivity contribution >= 4 is 22.4 Å². The molecule has 22 heavy (non-hydrogen) atoms. The van der Waals surface area contributed by atoms with E-state index < -0.39 is 0 Å². The third-order valence-electron chi connectivity index (χ3n) is 3.57. The minimum absolute atomic E-state index is 0.0775. The topological polar surface area (TPSA) is 77.2 Å². The summed E-state index contributed by atoms with van der Waals surface area (Å²) in [5.41, 5.74) is 7.04. The van der Waals surface area contributed by atoms with Crippen LogP contribution in [-0.4, -0.2) is 23.5 Å². The van der Waals surface area contributed by atoms with Crippen LogP contribution in [0.5, 0.6) is 5.75 Å². The molecule has 1 aliphatic rings. The molecule has 1 amide bonds. The first-order valence-corrected chi connectivity index (χ1v) is 8.24. The molecule has 0 spiro atoms. The van der Waals surface area contributed by atoms with Gasteiger partial charge in [-0.1, -0.05) is 18.2 Å². The van der Waals surface area contributed by atoms with Crippen LogP contribution in [0.3, 0.4) is 0 Å². The van der Waals surface area contributed by atoms with Crippen molar-refractivity contribution in [1.82, 2.24) is 4.98 Å². The number of thiazole rings is 1. The number of aryl methyl sites for hydroxylation is 1. The summed E-state index contributed by atoms with van der Waals surface area (Å²) in [6.45, 7) is 0.353. The maximum atomic E-state index is 11.9. The predicted octanol–water partition coefficient (Wildman–Crippen LogP) is 2.37. The van der Waals surface area contributed by atoms with E-state index in [9.17, 15) is 4.79 Å². The van der Waals surface area contributed by atoms with Gasteiger partial charge in [-0.25, -0.2) is 4.98 Å². The smallest absolute Gasteiger partial charge is 0.229 e. The summed E-state index contributed by atoms with van der Waals surface area (Å²) in [6.07, 6.45) is 3.04. The summed E-state index contributed by atoms with van der Waals surface area (Å²) >= 11 is 1.53. The molecule has 0 saturated heterocycles. The summed E-state index contributed by atoms with van der Waals surface area (Å²) in [5.74, 6) is 0.695. The van der Waals surface area contributed by atoms with E-state index in [0.29, 0.717) is 18.2 Å². The maximum absolute atomic E-state index is 11.9. The molecule has 3 N–H and O–H groups in total. The highest BCUT2D eigenvalue weighted by molar-refractivity contribution is 7.15. The second-order valence-electron chi connectivity index (χ2n) is 5.35. The largest absolute Gasteiger partial charge is 0.493 e. The summed E-state index contributed by atoms with van der Waals surface area (Å²) < 4.78 is 5.52. The van der Waals surface area contributed by atoms with Gasteiger partial charge in [0.2, 0.25) is 5.91 Å². The van der Waals surface area contributed by atoms with Crippen molar-refractivity contribution < 1.29 is 9.53 Å². The van der Waals surface area contributed by atoms with Crippen LogP contribution in [0.1, 0.15) is 23.4 Å². The number of amides is 1. The molecule has 1 aromatic heterocycles. The number of ether oxygens (including phenoxy) is 1. The lowest BCUT2D eigenvalue weighted by atomic mass is 9.99. The van der Waals surface area contributed by atoms with Gasteiger partial charge >= 0.3 is 0 Å². The molecule has 1 atom stereocenters. The van der Waals surface area contributed by atoms with E-state index in [1.807, 2.05) is 30.3 Å². The van der Waals surface area contributed by atoms with E-state index >= 15 is 0 Å². The number of rotatable bonds is 5. The second kappa shape index (κ2) is 6.89. The monoisotopic (exact) mass is 317 g/mol. The van der Waals surface area contributed by atoms with E-state index in [1.54, 1.807) is 0 Å². The first-order chi connectivity index (χ1) is 10.7. The van der Waals surface area contributed by atoms with Crippen molar-refractivity contribution in [3.8, 4) is 5.75 Å². The zero-order valence-corrected chi connectivity index (χ0v) is 13.1. The Kier molecular flexibility index (Phi) is 4.70. The molecule has 116 valence electrons. The fourth-order valence-corrected chi connectivity index (χ4v) is 3.53. The molecular weight excluding hydrogens is 298 g/mol. The van der Waals surface area contributed by atoms with Gasteiger partial charge in [-0.2, -0.15) is 0 Å². The molecule has 5 nitrogen and oxygen atoms in total. The Morgan fingerprint density at radius 2 is 2.23 bits per heavy atom. The first kappa shape index (κ1) is 15.0. The van der Waals surface area contributed by atoms with Gasteiger partial charge in [0.1, 0.15) is 5.75 Å². The minimum atomic E-state index is -0.0775. The molecule has 0 fully saturated rings. The van der Waals surface area contributed by atoms with Crippen LogP contribution in [-0.2, 0) is 17.6 Å². The maximum Gasteiger partial charge on any atom is 0.229 e. The average molecular weight is 317 g/mol. The van der Waals surface area contributed by atoms with Crippen molar-refractivity contribution in [1.29, 1.82) is 0 Å². The number of fused-ring (bicyclic) bond motifs is 1. The number of nitrogens with zero attached hydrogens (tertiary/aromatic N) is 1.